The monoisotopic (exact) mass is 684 g/mol. The van der Waals surface area contributed by atoms with Crippen LogP contribution in [0, 0.1) is 0 Å². The number of fused-ring (bicyclic) bond motifs is 8. The molecule has 4 aliphatic heterocycles. The normalized spacial score (nSPS) is 16.1. The van der Waals surface area contributed by atoms with Crippen LogP contribution in [0.2, 0.25) is 0 Å². The zero-order valence-corrected chi connectivity index (χ0v) is 30.1. The van der Waals surface area contributed by atoms with E-state index in [2.05, 4.69) is 23.6 Å². The highest BCUT2D eigenvalue weighted by Crippen LogP contribution is 2.48. The zero-order valence-electron chi connectivity index (χ0n) is 30.1. The number of hydrogen-bond donors (Lipinski definition) is 0. The van der Waals surface area contributed by atoms with Crippen LogP contribution in [0.25, 0.3) is 21.5 Å². The van der Waals surface area contributed by atoms with Crippen molar-refractivity contribution < 1.29 is 19.2 Å². The third-order valence-electron chi connectivity index (χ3n) is 11.5. The summed E-state index contributed by atoms with van der Waals surface area (Å²) in [4.78, 5) is 63.2. The van der Waals surface area contributed by atoms with E-state index >= 15 is 0 Å². The van der Waals surface area contributed by atoms with E-state index < -0.39 is 0 Å². The van der Waals surface area contributed by atoms with E-state index in [1.165, 1.54) is 48.3 Å². The lowest BCUT2D eigenvalue weighted by Gasteiger charge is -2.46. The number of amides is 4. The maximum absolute atomic E-state index is 14.0. The summed E-state index contributed by atoms with van der Waals surface area (Å²) in [6.45, 7) is 7.06. The van der Waals surface area contributed by atoms with Crippen LogP contribution in [0.3, 0.4) is 0 Å². The van der Waals surface area contributed by atoms with Crippen LogP contribution in [-0.2, 0) is 13.1 Å². The predicted molar refractivity (Wildman–Crippen MR) is 203 cm³/mol. The Hall–Kier alpha value is -4.72. The van der Waals surface area contributed by atoms with Gasteiger partial charge in [-0.1, -0.05) is 102 Å². The molecule has 0 spiro atoms. The lowest BCUT2D eigenvalue weighted by molar-refractivity contribution is 0.0592. The van der Waals surface area contributed by atoms with Crippen LogP contribution >= 0.6 is 0 Å². The smallest absolute Gasteiger partial charge is 0.261 e. The Labute approximate surface area is 300 Å². The molecule has 2 bridgehead atoms. The number of unbranched alkanes of at least 4 members (excludes halogenated alkanes) is 10. The molecule has 8 nitrogen and oxygen atoms in total. The lowest BCUT2D eigenvalue weighted by atomic mass is 9.86. The predicted octanol–water partition coefficient (Wildman–Crippen LogP) is 9.20. The number of carbonyl (C=O) groups is 4. The molecule has 0 aromatic heterocycles. The summed E-state index contributed by atoms with van der Waals surface area (Å²) < 4.78 is 0. The van der Waals surface area contributed by atoms with E-state index in [9.17, 15) is 19.2 Å². The van der Waals surface area contributed by atoms with Crippen molar-refractivity contribution in [3.05, 3.63) is 81.9 Å². The molecule has 0 saturated carbocycles. The third kappa shape index (κ3) is 5.58. The first-order valence-corrected chi connectivity index (χ1v) is 19.3. The van der Waals surface area contributed by atoms with Crippen molar-refractivity contribution in [2.45, 2.75) is 104 Å². The summed E-state index contributed by atoms with van der Waals surface area (Å²) in [7, 11) is 0. The average molecular weight is 685 g/mol. The first-order chi connectivity index (χ1) is 24.9. The highest BCUT2D eigenvalue weighted by atomic mass is 16.2. The minimum Gasteiger partial charge on any atom is -0.349 e. The van der Waals surface area contributed by atoms with Gasteiger partial charge in [-0.15, -0.1) is 0 Å². The van der Waals surface area contributed by atoms with E-state index in [4.69, 9.17) is 0 Å². The Bertz CT molecular complexity index is 1940. The second-order valence-corrected chi connectivity index (χ2v) is 14.9. The Balaban J connectivity index is 1.12. The van der Waals surface area contributed by atoms with Gasteiger partial charge in [0.2, 0.25) is 0 Å². The number of hydrogen-bond acceptors (Lipinski definition) is 6. The Kier molecular flexibility index (Phi) is 9.03. The molecule has 264 valence electrons. The summed E-state index contributed by atoms with van der Waals surface area (Å²) in [5.74, 6) is -0.808. The van der Waals surface area contributed by atoms with Crippen LogP contribution in [-0.4, -0.2) is 53.2 Å². The van der Waals surface area contributed by atoms with Gasteiger partial charge in [0.05, 0.1) is 18.0 Å². The number of nitrogens with zero attached hydrogens (tertiary/aromatic N) is 4. The van der Waals surface area contributed by atoms with E-state index in [-0.39, 0.29) is 23.6 Å². The quantitative estimate of drug-likeness (QED) is 0.0973. The molecule has 0 fully saturated rings. The largest absolute Gasteiger partial charge is 0.349 e. The van der Waals surface area contributed by atoms with Crippen LogP contribution in [0.15, 0.2) is 48.5 Å². The van der Waals surface area contributed by atoms with Crippen molar-refractivity contribution >= 4 is 56.5 Å². The molecule has 4 aromatic rings. The van der Waals surface area contributed by atoms with Gasteiger partial charge in [-0.05, 0) is 48.2 Å². The molecule has 8 rings (SSSR count). The standard InChI is InChI=1S/C43H48N4O4/c1-3-5-7-9-11-13-21-46-40(48)32-19-15-17-30-36(32)34(42(46)50)23-28-25-44-27-45(38(28)30)26-29-24-35-37-31(39(29)44)18-16-20-33(37)41(49)47(43(35)51)22-14-12-10-8-6-4-2/h15-20,23-24H,3-14,21-22,25-27H2,1-2H3. The molecule has 0 N–H and O–H groups in total. The van der Waals surface area contributed by atoms with Gasteiger partial charge in [-0.25, -0.2) is 0 Å². The van der Waals surface area contributed by atoms with Crippen molar-refractivity contribution in [2.75, 3.05) is 29.6 Å². The van der Waals surface area contributed by atoms with E-state index in [0.717, 1.165) is 82.6 Å². The van der Waals surface area contributed by atoms with Crippen molar-refractivity contribution in [1.29, 1.82) is 0 Å². The topological polar surface area (TPSA) is 81.2 Å². The molecule has 4 heterocycles. The van der Waals surface area contributed by atoms with Gasteiger partial charge in [0.15, 0.2) is 0 Å². The fourth-order valence-corrected chi connectivity index (χ4v) is 9.03. The van der Waals surface area contributed by atoms with E-state index in [0.29, 0.717) is 55.1 Å². The Morgan fingerprint density at radius 2 is 0.882 bits per heavy atom. The summed E-state index contributed by atoms with van der Waals surface area (Å²) >= 11 is 0. The summed E-state index contributed by atoms with van der Waals surface area (Å²) in [6, 6.07) is 15.7. The molecule has 0 aliphatic carbocycles. The summed E-state index contributed by atoms with van der Waals surface area (Å²) in [5.41, 5.74) is 6.60. The van der Waals surface area contributed by atoms with Crippen LogP contribution in [0.5, 0.6) is 0 Å². The SMILES string of the molecule is CCCCCCCCN1C(=O)c2cccc3c4c(cc(c23)C1=O)CN1CN4Cc2cc3c4c(cccc4c21)C(=O)N(CCCCCCCC)C3=O. The van der Waals surface area contributed by atoms with Crippen molar-refractivity contribution in [2.24, 2.45) is 0 Å². The van der Waals surface area contributed by atoms with Crippen molar-refractivity contribution in [3.63, 3.8) is 0 Å². The number of rotatable bonds is 14. The maximum atomic E-state index is 14.0. The third-order valence-corrected chi connectivity index (χ3v) is 11.5. The Morgan fingerprint density at radius 1 is 0.490 bits per heavy atom. The second kappa shape index (κ2) is 13.8. The van der Waals surface area contributed by atoms with Crippen molar-refractivity contribution in [3.8, 4) is 0 Å². The molecule has 4 aromatic carbocycles. The molecule has 0 radical (unpaired) electrons. The molecule has 4 amide bonds. The van der Waals surface area contributed by atoms with Crippen molar-refractivity contribution in [1.82, 2.24) is 9.80 Å². The first-order valence-electron chi connectivity index (χ1n) is 19.3. The van der Waals surface area contributed by atoms with E-state index in [1.807, 2.05) is 48.5 Å². The number of benzene rings is 4. The van der Waals surface area contributed by atoms with Gasteiger partial charge in [0.25, 0.3) is 23.6 Å². The first kappa shape index (κ1) is 33.4. The molecule has 51 heavy (non-hydrogen) atoms. The molecular weight excluding hydrogens is 636 g/mol. The number of anilines is 2. The second-order valence-electron chi connectivity index (χ2n) is 14.9. The van der Waals surface area contributed by atoms with Gasteiger partial charge < -0.3 is 9.80 Å². The summed E-state index contributed by atoms with van der Waals surface area (Å²) in [5, 5.41) is 3.37. The minimum atomic E-state index is -0.203. The molecule has 0 atom stereocenters. The maximum Gasteiger partial charge on any atom is 0.261 e. The van der Waals surface area contributed by atoms with Gasteiger partial charge in [-0.2, -0.15) is 0 Å². The molecule has 4 aliphatic rings. The highest BCUT2D eigenvalue weighted by Gasteiger charge is 2.40. The van der Waals surface area contributed by atoms with Gasteiger partial charge in [-0.3, -0.25) is 29.0 Å². The highest BCUT2D eigenvalue weighted by molar-refractivity contribution is 6.28. The average Bonchev–Trinajstić information content (AvgIpc) is 3.14. The molecule has 8 heteroatoms. The fraction of sp³-hybridized carbons (Fsp3) is 0.442. The molecule has 0 unspecified atom stereocenters. The minimum absolute atomic E-state index is 0.201. The van der Waals surface area contributed by atoms with Gasteiger partial charge in [0, 0.05) is 70.0 Å². The van der Waals surface area contributed by atoms with Crippen LogP contribution < -0.4 is 9.80 Å². The summed E-state index contributed by atoms with van der Waals surface area (Å²) in [6.07, 6.45) is 13.1. The van der Waals surface area contributed by atoms with E-state index in [1.54, 1.807) is 0 Å². The number of carbonyl (C=O) groups excluding carboxylic acids is 4. The van der Waals surface area contributed by atoms with Gasteiger partial charge in [0.1, 0.15) is 0 Å². The molecule has 0 saturated heterocycles. The lowest BCUT2D eigenvalue weighted by Crippen LogP contribution is -2.47. The fourth-order valence-electron chi connectivity index (χ4n) is 9.03. The van der Waals surface area contributed by atoms with Gasteiger partial charge >= 0.3 is 0 Å². The Morgan fingerprint density at radius 3 is 1.31 bits per heavy atom. The van der Waals surface area contributed by atoms with Crippen LogP contribution in [0.4, 0.5) is 11.4 Å². The zero-order chi connectivity index (χ0) is 35.2. The van der Waals surface area contributed by atoms with Crippen LogP contribution in [0.1, 0.15) is 143 Å². The number of imide groups is 2. The molecular formula is C43H48N4O4.